The van der Waals surface area contributed by atoms with Crippen molar-refractivity contribution in [1.29, 1.82) is 0 Å². The number of nitrogens with one attached hydrogen (secondary N) is 2. The van der Waals surface area contributed by atoms with Crippen LogP contribution in [-0.2, 0) is 11.3 Å². The van der Waals surface area contributed by atoms with Crippen molar-refractivity contribution in [3.8, 4) is 0 Å². The third-order valence-corrected chi connectivity index (χ3v) is 4.10. The zero-order valence-corrected chi connectivity index (χ0v) is 15.9. The monoisotopic (exact) mass is 353 g/mol. The number of carbonyl (C=O) groups excluding carboxylic acids is 2. The molecule has 0 radical (unpaired) electrons. The van der Waals surface area contributed by atoms with Crippen molar-refractivity contribution in [2.45, 2.75) is 27.3 Å². The first-order chi connectivity index (χ1) is 12.4. The minimum atomic E-state index is -0.143. The molecule has 2 amide bonds. The predicted molar refractivity (Wildman–Crippen MR) is 105 cm³/mol. The molecule has 2 N–H and O–H groups in total. The van der Waals surface area contributed by atoms with E-state index in [-0.39, 0.29) is 18.4 Å². The van der Waals surface area contributed by atoms with Gasteiger partial charge >= 0.3 is 0 Å². The second-order valence-corrected chi connectivity index (χ2v) is 6.59. The van der Waals surface area contributed by atoms with Gasteiger partial charge in [0.1, 0.15) is 0 Å². The largest absolute Gasteiger partial charge is 0.352 e. The summed E-state index contributed by atoms with van der Waals surface area (Å²) in [6.45, 7) is 7.58. The van der Waals surface area contributed by atoms with Gasteiger partial charge in [-0.15, -0.1) is 0 Å². The van der Waals surface area contributed by atoms with Crippen molar-refractivity contribution < 1.29 is 9.59 Å². The number of amides is 2. The third-order valence-electron chi connectivity index (χ3n) is 4.10. The van der Waals surface area contributed by atoms with Crippen molar-refractivity contribution in [3.05, 3.63) is 64.7 Å². The fourth-order valence-electron chi connectivity index (χ4n) is 2.82. The molecule has 2 aromatic rings. The lowest BCUT2D eigenvalue weighted by atomic mass is 10.1. The highest BCUT2D eigenvalue weighted by atomic mass is 16.2. The van der Waals surface area contributed by atoms with E-state index in [9.17, 15) is 9.59 Å². The van der Waals surface area contributed by atoms with E-state index in [1.165, 1.54) is 16.7 Å². The van der Waals surface area contributed by atoms with E-state index < -0.39 is 0 Å². The highest BCUT2D eigenvalue weighted by Gasteiger charge is 2.10. The maximum absolute atomic E-state index is 12.3. The van der Waals surface area contributed by atoms with E-state index in [0.717, 1.165) is 0 Å². The van der Waals surface area contributed by atoms with Crippen LogP contribution in [0.3, 0.4) is 0 Å². The van der Waals surface area contributed by atoms with Crippen LogP contribution in [0.2, 0.25) is 0 Å². The number of benzene rings is 2. The SMILES string of the molecule is CCNC(=O)c1cccc(NC(=O)CN(C)Cc2ccc(C)cc2C)c1. The number of hydrogen-bond acceptors (Lipinski definition) is 3. The van der Waals surface area contributed by atoms with Gasteiger partial charge in [-0.3, -0.25) is 14.5 Å². The van der Waals surface area contributed by atoms with Gasteiger partial charge in [-0.05, 0) is 57.1 Å². The van der Waals surface area contributed by atoms with Crippen LogP contribution < -0.4 is 10.6 Å². The highest BCUT2D eigenvalue weighted by molar-refractivity contribution is 5.97. The molecule has 0 atom stereocenters. The predicted octanol–water partition coefficient (Wildman–Crippen LogP) is 3.12. The van der Waals surface area contributed by atoms with Crippen molar-refractivity contribution in [2.24, 2.45) is 0 Å². The van der Waals surface area contributed by atoms with Crippen molar-refractivity contribution in [2.75, 3.05) is 25.5 Å². The van der Waals surface area contributed by atoms with Crippen molar-refractivity contribution >= 4 is 17.5 Å². The van der Waals surface area contributed by atoms with Crippen LogP contribution in [0.5, 0.6) is 0 Å². The Kier molecular flexibility index (Phi) is 6.92. The van der Waals surface area contributed by atoms with Gasteiger partial charge < -0.3 is 10.6 Å². The highest BCUT2D eigenvalue weighted by Crippen LogP contribution is 2.13. The number of rotatable bonds is 7. The lowest BCUT2D eigenvalue weighted by Crippen LogP contribution is -2.30. The zero-order valence-electron chi connectivity index (χ0n) is 15.9. The molecule has 138 valence electrons. The van der Waals surface area contributed by atoms with Crippen molar-refractivity contribution in [3.63, 3.8) is 0 Å². The summed E-state index contributed by atoms with van der Waals surface area (Å²) in [7, 11) is 1.92. The topological polar surface area (TPSA) is 61.4 Å². The summed E-state index contributed by atoms with van der Waals surface area (Å²) >= 11 is 0. The van der Waals surface area contributed by atoms with Gasteiger partial charge in [0.2, 0.25) is 5.91 Å². The van der Waals surface area contributed by atoms with E-state index in [4.69, 9.17) is 0 Å². The van der Waals surface area contributed by atoms with Crippen LogP contribution in [0.1, 0.15) is 34.0 Å². The molecule has 0 fully saturated rings. The molecule has 0 aliphatic carbocycles. The summed E-state index contributed by atoms with van der Waals surface area (Å²) in [5, 5.41) is 5.61. The summed E-state index contributed by atoms with van der Waals surface area (Å²) in [5.41, 5.74) is 4.83. The van der Waals surface area contributed by atoms with Crippen LogP contribution in [-0.4, -0.2) is 36.9 Å². The molecule has 2 rings (SSSR count). The van der Waals surface area contributed by atoms with E-state index in [1.807, 2.05) is 18.9 Å². The average molecular weight is 353 g/mol. The molecule has 0 aromatic heterocycles. The molecule has 26 heavy (non-hydrogen) atoms. The fraction of sp³-hybridized carbons (Fsp3) is 0.333. The summed E-state index contributed by atoms with van der Waals surface area (Å²) in [6.07, 6.45) is 0. The number of aryl methyl sites for hydroxylation is 2. The minimum Gasteiger partial charge on any atom is -0.352 e. The van der Waals surface area contributed by atoms with Crippen LogP contribution in [0.4, 0.5) is 5.69 Å². The van der Waals surface area contributed by atoms with Crippen LogP contribution in [0.25, 0.3) is 0 Å². The molecule has 0 spiro atoms. The molecule has 0 saturated heterocycles. The third kappa shape index (κ3) is 5.70. The van der Waals surface area contributed by atoms with E-state index in [1.54, 1.807) is 24.3 Å². The van der Waals surface area contributed by atoms with E-state index >= 15 is 0 Å². The average Bonchev–Trinajstić information content (AvgIpc) is 2.57. The fourth-order valence-corrected chi connectivity index (χ4v) is 2.82. The Morgan fingerprint density at radius 3 is 2.54 bits per heavy atom. The van der Waals surface area contributed by atoms with Gasteiger partial charge in [-0.25, -0.2) is 0 Å². The molecule has 0 bridgehead atoms. The second kappa shape index (κ2) is 9.15. The van der Waals surface area contributed by atoms with Gasteiger partial charge in [0, 0.05) is 24.3 Å². The molecule has 0 unspecified atom stereocenters. The first-order valence-corrected chi connectivity index (χ1v) is 8.82. The van der Waals surface area contributed by atoms with Gasteiger partial charge in [0.05, 0.1) is 6.54 Å². The molecule has 0 aliphatic rings. The maximum atomic E-state index is 12.3. The van der Waals surface area contributed by atoms with E-state index in [0.29, 0.717) is 24.3 Å². The smallest absolute Gasteiger partial charge is 0.251 e. The first-order valence-electron chi connectivity index (χ1n) is 8.82. The van der Waals surface area contributed by atoms with Crippen molar-refractivity contribution in [1.82, 2.24) is 10.2 Å². The Hall–Kier alpha value is -2.66. The summed E-state index contributed by atoms with van der Waals surface area (Å²) in [5.74, 6) is -0.249. The van der Waals surface area contributed by atoms with Gasteiger partial charge in [0.15, 0.2) is 0 Å². The molecule has 0 heterocycles. The second-order valence-electron chi connectivity index (χ2n) is 6.59. The molecular weight excluding hydrogens is 326 g/mol. The molecule has 5 nitrogen and oxygen atoms in total. The Bertz CT molecular complexity index is 787. The number of nitrogens with zero attached hydrogens (tertiary/aromatic N) is 1. The Labute approximate surface area is 155 Å². The van der Waals surface area contributed by atoms with Gasteiger partial charge in [-0.1, -0.05) is 29.8 Å². The number of carbonyl (C=O) groups is 2. The standard InChI is InChI=1S/C21H27N3O2/c1-5-22-21(26)17-7-6-8-19(12-17)23-20(25)14-24(4)13-18-10-9-15(2)11-16(18)3/h6-12H,5,13-14H2,1-4H3,(H,22,26)(H,23,25). The normalized spacial score (nSPS) is 10.7. The summed E-state index contributed by atoms with van der Waals surface area (Å²) < 4.78 is 0. The number of likely N-dealkylation sites (N-methyl/N-ethyl adjacent to an activating group) is 1. The zero-order chi connectivity index (χ0) is 19.1. The number of anilines is 1. The summed E-state index contributed by atoms with van der Waals surface area (Å²) in [6, 6.07) is 13.3. The molecule has 2 aromatic carbocycles. The summed E-state index contributed by atoms with van der Waals surface area (Å²) in [4.78, 5) is 26.2. The van der Waals surface area contributed by atoms with Crippen LogP contribution >= 0.6 is 0 Å². The van der Waals surface area contributed by atoms with Gasteiger partial charge in [0.25, 0.3) is 5.91 Å². The quantitative estimate of drug-likeness (QED) is 0.804. The molecule has 0 aliphatic heterocycles. The first kappa shape index (κ1) is 19.7. The Balaban J connectivity index is 1.93. The molecule has 5 heteroatoms. The van der Waals surface area contributed by atoms with Gasteiger partial charge in [-0.2, -0.15) is 0 Å². The molecule has 0 saturated carbocycles. The maximum Gasteiger partial charge on any atom is 0.251 e. The minimum absolute atomic E-state index is 0.106. The lowest BCUT2D eigenvalue weighted by Gasteiger charge is -2.18. The van der Waals surface area contributed by atoms with E-state index in [2.05, 4.69) is 42.7 Å². The van der Waals surface area contributed by atoms with Crippen LogP contribution in [0, 0.1) is 13.8 Å². The Morgan fingerprint density at radius 1 is 1.08 bits per heavy atom. The molecular formula is C21H27N3O2. The Morgan fingerprint density at radius 2 is 1.85 bits per heavy atom. The van der Waals surface area contributed by atoms with Crippen LogP contribution in [0.15, 0.2) is 42.5 Å². The lowest BCUT2D eigenvalue weighted by molar-refractivity contribution is -0.117. The number of hydrogen-bond donors (Lipinski definition) is 2.